The fraction of sp³-hybridized carbons (Fsp3) is 0.238. The number of ether oxygens (including phenoxy) is 2. The summed E-state index contributed by atoms with van der Waals surface area (Å²) in [6.45, 7) is 4.03. The van der Waals surface area contributed by atoms with Crippen LogP contribution in [0.25, 0.3) is 6.08 Å². The van der Waals surface area contributed by atoms with Gasteiger partial charge in [-0.05, 0) is 61.9 Å². The topological polar surface area (TPSA) is 76.7 Å². The van der Waals surface area contributed by atoms with Gasteiger partial charge in [-0.2, -0.15) is 0 Å². The van der Waals surface area contributed by atoms with Crippen LogP contribution < -0.4 is 20.1 Å². The maximum Gasteiger partial charge on any atom is 0.246 e. The lowest BCUT2D eigenvalue weighted by atomic mass is 10.2. The monoisotopic (exact) mass is 402 g/mol. The van der Waals surface area contributed by atoms with Crippen LogP contribution in [0.4, 0.5) is 5.69 Å². The van der Waals surface area contributed by atoms with Crippen LogP contribution >= 0.6 is 11.6 Å². The molecule has 2 aromatic carbocycles. The third-order valence-corrected chi connectivity index (χ3v) is 4.03. The Kier molecular flexibility index (Phi) is 7.89. The molecule has 1 unspecified atom stereocenters. The molecule has 148 valence electrons. The SMILES string of the molecule is CCOc1ccc(/C=C/C(=O)NC(C)C(=O)Nc2ccc(Cl)cc2)cc1OC. The number of carbonyl (C=O) groups excluding carboxylic acids is 2. The molecule has 0 saturated carbocycles. The van der Waals surface area contributed by atoms with Crippen molar-refractivity contribution in [1.82, 2.24) is 5.32 Å². The highest BCUT2D eigenvalue weighted by Gasteiger charge is 2.14. The van der Waals surface area contributed by atoms with Crippen LogP contribution in [0.1, 0.15) is 19.4 Å². The number of amides is 2. The molecule has 0 bridgehead atoms. The minimum Gasteiger partial charge on any atom is -0.493 e. The summed E-state index contributed by atoms with van der Waals surface area (Å²) in [6.07, 6.45) is 3.00. The molecular weight excluding hydrogens is 380 g/mol. The van der Waals surface area contributed by atoms with Crippen molar-refractivity contribution in [2.24, 2.45) is 0 Å². The molecule has 0 saturated heterocycles. The maximum atomic E-state index is 12.2. The molecule has 0 aromatic heterocycles. The Morgan fingerprint density at radius 3 is 2.50 bits per heavy atom. The van der Waals surface area contributed by atoms with Crippen molar-refractivity contribution in [2.75, 3.05) is 19.0 Å². The summed E-state index contributed by atoms with van der Waals surface area (Å²) >= 11 is 5.82. The first kappa shape index (κ1) is 21.3. The summed E-state index contributed by atoms with van der Waals surface area (Å²) in [6, 6.07) is 11.4. The summed E-state index contributed by atoms with van der Waals surface area (Å²) < 4.78 is 10.7. The van der Waals surface area contributed by atoms with E-state index in [2.05, 4.69) is 10.6 Å². The van der Waals surface area contributed by atoms with Gasteiger partial charge in [0.15, 0.2) is 11.5 Å². The summed E-state index contributed by atoms with van der Waals surface area (Å²) in [5, 5.41) is 5.92. The molecule has 6 nitrogen and oxygen atoms in total. The van der Waals surface area contributed by atoms with Gasteiger partial charge in [0.1, 0.15) is 6.04 Å². The van der Waals surface area contributed by atoms with Crippen LogP contribution in [-0.2, 0) is 9.59 Å². The zero-order valence-electron chi connectivity index (χ0n) is 16.0. The second-order valence-corrected chi connectivity index (χ2v) is 6.34. The fourth-order valence-corrected chi connectivity index (χ4v) is 2.47. The van der Waals surface area contributed by atoms with Gasteiger partial charge in [-0.15, -0.1) is 0 Å². The van der Waals surface area contributed by atoms with Gasteiger partial charge in [0.05, 0.1) is 13.7 Å². The van der Waals surface area contributed by atoms with E-state index in [0.717, 1.165) is 5.56 Å². The third-order valence-electron chi connectivity index (χ3n) is 3.78. The van der Waals surface area contributed by atoms with Crippen LogP contribution in [0.3, 0.4) is 0 Å². The Labute approximate surface area is 169 Å². The second kappa shape index (κ2) is 10.4. The molecule has 2 rings (SSSR count). The van der Waals surface area contributed by atoms with E-state index in [1.807, 2.05) is 13.0 Å². The Balaban J connectivity index is 1.93. The van der Waals surface area contributed by atoms with Crippen LogP contribution in [-0.4, -0.2) is 31.6 Å². The molecule has 2 aromatic rings. The van der Waals surface area contributed by atoms with E-state index in [4.69, 9.17) is 21.1 Å². The molecule has 0 radical (unpaired) electrons. The lowest BCUT2D eigenvalue weighted by molar-refractivity contribution is -0.123. The van der Waals surface area contributed by atoms with E-state index in [-0.39, 0.29) is 11.8 Å². The maximum absolute atomic E-state index is 12.2. The van der Waals surface area contributed by atoms with Gasteiger partial charge in [0.2, 0.25) is 11.8 Å². The summed E-state index contributed by atoms with van der Waals surface area (Å²) in [5.41, 5.74) is 1.38. The lowest BCUT2D eigenvalue weighted by Gasteiger charge is -2.13. The standard InChI is InChI=1S/C21H23ClN2O4/c1-4-28-18-11-5-15(13-19(18)27-3)6-12-20(25)23-14(2)21(26)24-17-9-7-16(22)8-10-17/h5-14H,4H2,1-3H3,(H,23,25)(H,24,26)/b12-6+. The number of hydrogen-bond donors (Lipinski definition) is 2. The molecule has 2 N–H and O–H groups in total. The molecule has 0 aliphatic carbocycles. The second-order valence-electron chi connectivity index (χ2n) is 5.90. The average molecular weight is 403 g/mol. The molecule has 0 heterocycles. The van der Waals surface area contributed by atoms with Crippen molar-refractivity contribution < 1.29 is 19.1 Å². The Morgan fingerprint density at radius 2 is 1.86 bits per heavy atom. The molecule has 0 spiro atoms. The van der Waals surface area contributed by atoms with Crippen LogP contribution in [0.15, 0.2) is 48.5 Å². The summed E-state index contributed by atoms with van der Waals surface area (Å²) in [7, 11) is 1.55. The molecule has 0 fully saturated rings. The molecule has 7 heteroatoms. The number of carbonyl (C=O) groups is 2. The smallest absolute Gasteiger partial charge is 0.246 e. The number of methoxy groups -OCH3 is 1. The van der Waals surface area contributed by atoms with Gasteiger partial charge < -0.3 is 20.1 Å². The van der Waals surface area contributed by atoms with E-state index in [9.17, 15) is 9.59 Å². The highest BCUT2D eigenvalue weighted by atomic mass is 35.5. The number of halogens is 1. The first-order chi connectivity index (χ1) is 13.4. The van der Waals surface area contributed by atoms with Crippen LogP contribution in [0.5, 0.6) is 11.5 Å². The van der Waals surface area contributed by atoms with Crippen molar-refractivity contribution in [1.29, 1.82) is 0 Å². The van der Waals surface area contributed by atoms with Crippen LogP contribution in [0.2, 0.25) is 5.02 Å². The van der Waals surface area contributed by atoms with Gasteiger partial charge in [-0.1, -0.05) is 17.7 Å². The molecular formula is C21H23ClN2O4. The van der Waals surface area contributed by atoms with Gasteiger partial charge in [0, 0.05) is 16.8 Å². The quantitative estimate of drug-likeness (QED) is 0.656. The highest BCUT2D eigenvalue weighted by Crippen LogP contribution is 2.28. The minimum absolute atomic E-state index is 0.327. The van der Waals surface area contributed by atoms with Gasteiger partial charge >= 0.3 is 0 Å². The first-order valence-electron chi connectivity index (χ1n) is 8.78. The Bertz CT molecular complexity index is 850. The average Bonchev–Trinajstić information content (AvgIpc) is 2.69. The van der Waals surface area contributed by atoms with E-state index in [1.54, 1.807) is 56.5 Å². The van der Waals surface area contributed by atoms with Gasteiger partial charge in [0.25, 0.3) is 0 Å². The van der Waals surface area contributed by atoms with E-state index >= 15 is 0 Å². The molecule has 0 aliphatic rings. The fourth-order valence-electron chi connectivity index (χ4n) is 2.35. The summed E-state index contributed by atoms with van der Waals surface area (Å²) in [4.78, 5) is 24.3. The van der Waals surface area contributed by atoms with Crippen molar-refractivity contribution in [3.05, 3.63) is 59.1 Å². The normalized spacial score (nSPS) is 11.7. The molecule has 1 atom stereocenters. The minimum atomic E-state index is -0.706. The lowest BCUT2D eigenvalue weighted by Crippen LogP contribution is -2.40. The van der Waals surface area contributed by atoms with E-state index < -0.39 is 6.04 Å². The van der Waals surface area contributed by atoms with E-state index in [0.29, 0.717) is 28.8 Å². The van der Waals surface area contributed by atoms with Crippen LogP contribution in [0, 0.1) is 0 Å². The largest absolute Gasteiger partial charge is 0.493 e. The number of benzene rings is 2. The van der Waals surface area contributed by atoms with Crippen molar-refractivity contribution in [3.63, 3.8) is 0 Å². The zero-order chi connectivity index (χ0) is 20.5. The number of rotatable bonds is 8. The predicted octanol–water partition coefficient (Wildman–Crippen LogP) is 3.90. The van der Waals surface area contributed by atoms with Crippen molar-refractivity contribution >= 4 is 35.2 Å². The highest BCUT2D eigenvalue weighted by molar-refractivity contribution is 6.30. The third kappa shape index (κ3) is 6.32. The van der Waals surface area contributed by atoms with Gasteiger partial charge in [-0.3, -0.25) is 9.59 Å². The van der Waals surface area contributed by atoms with Crippen molar-refractivity contribution in [3.8, 4) is 11.5 Å². The number of hydrogen-bond acceptors (Lipinski definition) is 4. The van der Waals surface area contributed by atoms with Gasteiger partial charge in [-0.25, -0.2) is 0 Å². The Morgan fingerprint density at radius 1 is 1.14 bits per heavy atom. The predicted molar refractivity (Wildman–Crippen MR) is 111 cm³/mol. The Hall–Kier alpha value is -2.99. The van der Waals surface area contributed by atoms with E-state index in [1.165, 1.54) is 6.08 Å². The molecule has 28 heavy (non-hydrogen) atoms. The molecule has 2 amide bonds. The molecule has 0 aliphatic heterocycles. The first-order valence-corrected chi connectivity index (χ1v) is 9.16. The van der Waals surface area contributed by atoms with Crippen molar-refractivity contribution in [2.45, 2.75) is 19.9 Å². The number of nitrogens with one attached hydrogen (secondary N) is 2. The summed E-state index contributed by atoms with van der Waals surface area (Å²) in [5.74, 6) is 0.512. The zero-order valence-corrected chi connectivity index (χ0v) is 16.7. The number of anilines is 1.